The second-order valence-electron chi connectivity index (χ2n) is 2.64. The van der Waals surface area contributed by atoms with Gasteiger partial charge in [0.25, 0.3) is 0 Å². The molecule has 0 aromatic carbocycles. The number of rotatable bonds is 7. The van der Waals surface area contributed by atoms with Gasteiger partial charge in [0.1, 0.15) is 19.8 Å². The Morgan fingerprint density at radius 1 is 1.18 bits per heavy atom. The summed E-state index contributed by atoms with van der Waals surface area (Å²) in [6.07, 6.45) is 0. The number of hydrogen-bond donors (Lipinski definition) is 0. The van der Waals surface area contributed by atoms with E-state index in [1.807, 2.05) is 0 Å². The maximum atomic E-state index is 10.8. The molecule has 0 heterocycles. The van der Waals surface area contributed by atoms with Gasteiger partial charge in [-0.1, -0.05) is 27.8 Å². The Morgan fingerprint density at radius 2 is 1.82 bits per heavy atom. The molecule has 0 saturated heterocycles. The van der Waals surface area contributed by atoms with Gasteiger partial charge < -0.3 is 14.2 Å². The topological polar surface area (TPSA) is 44.8 Å². The van der Waals surface area contributed by atoms with Crippen LogP contribution in [0.15, 0.2) is 0 Å². The molecule has 5 heteroatoms. The maximum Gasteiger partial charge on any atom is 0.332 e. The summed E-state index contributed by atoms with van der Waals surface area (Å²) in [6, 6.07) is 0. The standard InChI is InChI=1S/C12H15BrO4/c1-2-17-12(14)11-16-9-6-4-3-5-8-15-10-7-13/h2,7-11H2,1H3. The molecule has 0 rings (SSSR count). The number of esters is 1. The van der Waals surface area contributed by atoms with E-state index in [2.05, 4.69) is 44.3 Å². The first-order valence-corrected chi connectivity index (χ1v) is 6.26. The van der Waals surface area contributed by atoms with E-state index in [1.54, 1.807) is 6.92 Å². The lowest BCUT2D eigenvalue weighted by molar-refractivity contribution is -0.147. The van der Waals surface area contributed by atoms with E-state index >= 15 is 0 Å². The summed E-state index contributed by atoms with van der Waals surface area (Å²) >= 11 is 3.23. The Bertz CT molecular complexity index is 319. The molecule has 17 heavy (non-hydrogen) atoms. The van der Waals surface area contributed by atoms with Gasteiger partial charge in [0.05, 0.1) is 13.2 Å². The molecule has 0 aliphatic rings. The fourth-order valence-electron chi connectivity index (χ4n) is 0.726. The number of ether oxygens (including phenoxy) is 3. The van der Waals surface area contributed by atoms with Gasteiger partial charge in [0.2, 0.25) is 0 Å². The first-order valence-electron chi connectivity index (χ1n) is 5.14. The van der Waals surface area contributed by atoms with Crippen molar-refractivity contribution < 1.29 is 19.0 Å². The summed E-state index contributed by atoms with van der Waals surface area (Å²) in [6.45, 7) is 3.17. The third-order valence-electron chi connectivity index (χ3n) is 1.33. The highest BCUT2D eigenvalue weighted by molar-refractivity contribution is 9.09. The van der Waals surface area contributed by atoms with Gasteiger partial charge in [-0.2, -0.15) is 0 Å². The van der Waals surface area contributed by atoms with Crippen molar-refractivity contribution in [1.82, 2.24) is 0 Å². The Kier molecular flexibility index (Phi) is 12.3. The molecule has 0 aliphatic heterocycles. The Labute approximate surface area is 110 Å². The number of carbonyl (C=O) groups is 1. The average Bonchev–Trinajstić information content (AvgIpc) is 2.32. The van der Waals surface area contributed by atoms with Crippen molar-refractivity contribution in [2.45, 2.75) is 6.92 Å². The molecule has 0 fully saturated rings. The van der Waals surface area contributed by atoms with Crippen LogP contribution < -0.4 is 0 Å². The third-order valence-corrected chi connectivity index (χ3v) is 1.66. The SMILES string of the molecule is CCOC(=O)COCC#CC#CCOCCBr. The van der Waals surface area contributed by atoms with Crippen LogP contribution in [0.5, 0.6) is 0 Å². The van der Waals surface area contributed by atoms with Gasteiger partial charge in [-0.3, -0.25) is 0 Å². The fourth-order valence-corrected chi connectivity index (χ4v) is 0.955. The zero-order chi connectivity index (χ0) is 12.8. The summed E-state index contributed by atoms with van der Waals surface area (Å²) in [7, 11) is 0. The minimum atomic E-state index is -0.386. The number of alkyl halides is 1. The molecule has 0 aliphatic carbocycles. The molecule has 0 saturated carbocycles. The molecule has 0 radical (unpaired) electrons. The van der Waals surface area contributed by atoms with Gasteiger partial charge in [0, 0.05) is 5.33 Å². The van der Waals surface area contributed by atoms with E-state index in [4.69, 9.17) is 9.47 Å². The normalized spacial score (nSPS) is 8.59. The third kappa shape index (κ3) is 12.9. The van der Waals surface area contributed by atoms with Gasteiger partial charge in [-0.25, -0.2) is 4.79 Å². The van der Waals surface area contributed by atoms with Crippen molar-refractivity contribution in [2.75, 3.05) is 38.4 Å². The van der Waals surface area contributed by atoms with Crippen molar-refractivity contribution in [2.24, 2.45) is 0 Å². The lowest BCUT2D eigenvalue weighted by atomic mass is 10.5. The Morgan fingerprint density at radius 3 is 2.41 bits per heavy atom. The molecule has 4 nitrogen and oxygen atoms in total. The molecule has 0 unspecified atom stereocenters. The molecule has 0 spiro atoms. The van der Waals surface area contributed by atoms with E-state index in [0.717, 1.165) is 5.33 Å². The van der Waals surface area contributed by atoms with Crippen LogP contribution in [0.3, 0.4) is 0 Å². The Hall–Kier alpha value is -1.01. The first-order chi connectivity index (χ1) is 8.31. The summed E-state index contributed by atoms with van der Waals surface area (Å²) in [5.41, 5.74) is 0. The summed E-state index contributed by atoms with van der Waals surface area (Å²) in [4.78, 5) is 10.8. The van der Waals surface area contributed by atoms with E-state index in [1.165, 1.54) is 0 Å². The zero-order valence-electron chi connectivity index (χ0n) is 9.75. The molecule has 0 aromatic heterocycles. The highest BCUT2D eigenvalue weighted by Gasteiger charge is 1.98. The highest BCUT2D eigenvalue weighted by Crippen LogP contribution is 1.81. The summed E-state index contributed by atoms with van der Waals surface area (Å²) in [5.74, 6) is 10.2. The second-order valence-corrected chi connectivity index (χ2v) is 3.44. The zero-order valence-corrected chi connectivity index (χ0v) is 11.3. The van der Waals surface area contributed by atoms with Crippen molar-refractivity contribution in [3.8, 4) is 23.7 Å². The average molecular weight is 303 g/mol. The summed E-state index contributed by atoms with van der Waals surface area (Å²) in [5, 5.41) is 0.794. The van der Waals surface area contributed by atoms with Crippen LogP contribution in [0.2, 0.25) is 0 Å². The van der Waals surface area contributed by atoms with Crippen molar-refractivity contribution in [3.63, 3.8) is 0 Å². The first kappa shape index (κ1) is 16.0. The van der Waals surface area contributed by atoms with Gasteiger partial charge in [-0.15, -0.1) is 0 Å². The molecule has 94 valence electrons. The highest BCUT2D eigenvalue weighted by atomic mass is 79.9. The van der Waals surface area contributed by atoms with Crippen molar-refractivity contribution in [1.29, 1.82) is 0 Å². The molecular formula is C12H15BrO4. The van der Waals surface area contributed by atoms with Crippen molar-refractivity contribution >= 4 is 21.9 Å². The number of halogens is 1. The lowest BCUT2D eigenvalue weighted by Gasteiger charge is -1.99. The summed E-state index contributed by atoms with van der Waals surface area (Å²) < 4.78 is 14.7. The minimum Gasteiger partial charge on any atom is -0.464 e. The van der Waals surface area contributed by atoms with E-state index in [9.17, 15) is 4.79 Å². The molecule has 0 aromatic rings. The fraction of sp³-hybridized carbons (Fsp3) is 0.583. The van der Waals surface area contributed by atoms with E-state index in [0.29, 0.717) is 19.8 Å². The van der Waals surface area contributed by atoms with Crippen LogP contribution >= 0.6 is 15.9 Å². The number of hydrogen-bond acceptors (Lipinski definition) is 4. The van der Waals surface area contributed by atoms with Crippen LogP contribution in [0.4, 0.5) is 0 Å². The maximum absolute atomic E-state index is 10.8. The molecule has 0 atom stereocenters. The number of carbonyl (C=O) groups excluding carboxylic acids is 1. The largest absolute Gasteiger partial charge is 0.464 e. The smallest absolute Gasteiger partial charge is 0.332 e. The quantitative estimate of drug-likeness (QED) is 0.304. The monoisotopic (exact) mass is 302 g/mol. The van der Waals surface area contributed by atoms with Crippen LogP contribution in [0, 0.1) is 23.7 Å². The van der Waals surface area contributed by atoms with Crippen molar-refractivity contribution in [3.05, 3.63) is 0 Å². The van der Waals surface area contributed by atoms with E-state index < -0.39 is 0 Å². The van der Waals surface area contributed by atoms with Crippen LogP contribution in [0.25, 0.3) is 0 Å². The lowest BCUT2D eigenvalue weighted by Crippen LogP contribution is -2.12. The second kappa shape index (κ2) is 13.1. The molecule has 0 bridgehead atoms. The predicted molar refractivity (Wildman–Crippen MR) is 67.6 cm³/mol. The van der Waals surface area contributed by atoms with Crippen LogP contribution in [0.1, 0.15) is 6.92 Å². The van der Waals surface area contributed by atoms with Gasteiger partial charge in [-0.05, 0) is 18.8 Å². The Balaban J connectivity index is 3.45. The van der Waals surface area contributed by atoms with Crippen LogP contribution in [-0.4, -0.2) is 44.3 Å². The molecule has 0 amide bonds. The molecular weight excluding hydrogens is 288 g/mol. The minimum absolute atomic E-state index is 0.0791. The molecule has 0 N–H and O–H groups in total. The van der Waals surface area contributed by atoms with Crippen LogP contribution in [-0.2, 0) is 19.0 Å². The van der Waals surface area contributed by atoms with Gasteiger partial charge >= 0.3 is 5.97 Å². The predicted octanol–water partition coefficient (Wildman–Crippen LogP) is 0.984. The van der Waals surface area contributed by atoms with E-state index in [-0.39, 0.29) is 19.2 Å². The van der Waals surface area contributed by atoms with Gasteiger partial charge in [0.15, 0.2) is 0 Å².